The summed E-state index contributed by atoms with van der Waals surface area (Å²) in [5, 5.41) is 3.29. The van der Waals surface area contributed by atoms with Crippen LogP contribution in [0.2, 0.25) is 0 Å². The number of hydrogen-bond donors (Lipinski definition) is 0. The van der Waals surface area contributed by atoms with Crippen molar-refractivity contribution in [3.63, 3.8) is 0 Å². The first-order valence-electron chi connectivity index (χ1n) is 15.8. The molecule has 0 unspecified atom stereocenters. The van der Waals surface area contributed by atoms with E-state index in [0.29, 0.717) is 0 Å². The maximum atomic E-state index is 7.23. The molecule has 0 amide bonds. The SMILES string of the molecule is CC(C)(C)c1ccnc(-c2[c-]ccc3c2oc2c3ccc3sc(C(C)(C)C)nc32)c1.[2H]C([2H])([2H])c1ccc(-c2[c-]cccc2)nc1.[Ir]. The molecule has 3 aromatic carbocycles. The van der Waals surface area contributed by atoms with Crippen molar-refractivity contribution in [2.24, 2.45) is 0 Å². The average molecular weight is 777 g/mol. The van der Waals surface area contributed by atoms with Crippen LogP contribution in [0.15, 0.2) is 89.6 Å². The molecule has 7 rings (SSSR count). The summed E-state index contributed by atoms with van der Waals surface area (Å²) in [5.74, 6) is 0. The average Bonchev–Trinajstić information content (AvgIpc) is 3.63. The van der Waals surface area contributed by atoms with E-state index in [1.165, 1.54) is 11.8 Å². The van der Waals surface area contributed by atoms with Gasteiger partial charge in [-0.1, -0.05) is 76.8 Å². The Kier molecular flexibility index (Phi) is 7.81. The number of pyridine rings is 2. The Balaban J connectivity index is 0.000000217. The molecule has 0 saturated heterocycles. The van der Waals surface area contributed by atoms with Crippen molar-refractivity contribution >= 4 is 43.5 Å². The molecule has 0 spiro atoms. The zero-order valence-electron chi connectivity index (χ0n) is 28.6. The molecule has 0 atom stereocenters. The van der Waals surface area contributed by atoms with Gasteiger partial charge < -0.3 is 14.4 Å². The maximum Gasteiger partial charge on any atom is 0.148 e. The van der Waals surface area contributed by atoms with Gasteiger partial charge in [-0.15, -0.1) is 65.4 Å². The van der Waals surface area contributed by atoms with E-state index in [-0.39, 0.29) is 36.5 Å². The fourth-order valence-electron chi connectivity index (χ4n) is 4.84. The van der Waals surface area contributed by atoms with Crippen molar-refractivity contribution in [1.29, 1.82) is 0 Å². The van der Waals surface area contributed by atoms with E-state index in [9.17, 15) is 0 Å². The second kappa shape index (κ2) is 12.4. The van der Waals surface area contributed by atoms with Crippen molar-refractivity contribution in [3.05, 3.63) is 113 Å². The summed E-state index contributed by atoms with van der Waals surface area (Å²) in [6.45, 7) is 11.1. The number of aryl methyl sites for hydroxylation is 1. The third-order valence-corrected chi connectivity index (χ3v) is 8.68. The van der Waals surface area contributed by atoms with Crippen LogP contribution in [0, 0.1) is 19.0 Å². The zero-order valence-corrected chi connectivity index (χ0v) is 28.8. The third kappa shape index (κ3) is 6.39. The molecular weight excluding hydrogens is 739 g/mol. The molecule has 7 aromatic rings. The van der Waals surface area contributed by atoms with Crippen molar-refractivity contribution in [1.82, 2.24) is 15.0 Å². The van der Waals surface area contributed by atoms with Gasteiger partial charge in [0, 0.05) is 47.4 Å². The van der Waals surface area contributed by atoms with Crippen molar-refractivity contribution in [2.45, 2.75) is 59.2 Å². The number of rotatable bonds is 2. The molecule has 1 radical (unpaired) electrons. The Labute approximate surface area is 281 Å². The Morgan fingerprint density at radius 2 is 1.61 bits per heavy atom. The van der Waals surface area contributed by atoms with Crippen molar-refractivity contribution in [3.8, 4) is 22.5 Å². The number of nitrogens with zero attached hydrogens (tertiary/aromatic N) is 3. The van der Waals surface area contributed by atoms with Gasteiger partial charge in [0.05, 0.1) is 15.3 Å². The second-order valence-corrected chi connectivity index (χ2v) is 13.7. The molecule has 0 bridgehead atoms. The number of hydrogen-bond acceptors (Lipinski definition) is 5. The zero-order chi connectivity index (χ0) is 32.9. The number of thiazole rings is 1. The van der Waals surface area contributed by atoms with Crippen LogP contribution in [0.4, 0.5) is 0 Å². The molecular formula is C38H35IrN3OS-2. The van der Waals surface area contributed by atoms with E-state index in [4.69, 9.17) is 13.5 Å². The minimum Gasteiger partial charge on any atom is -0.498 e. The maximum absolute atomic E-state index is 7.23. The predicted molar refractivity (Wildman–Crippen MR) is 180 cm³/mol. The van der Waals surface area contributed by atoms with Gasteiger partial charge in [-0.25, -0.2) is 4.98 Å². The van der Waals surface area contributed by atoms with E-state index in [1.807, 2.05) is 30.5 Å². The summed E-state index contributed by atoms with van der Waals surface area (Å²) in [7, 11) is 0. The largest absolute Gasteiger partial charge is 0.498 e. The summed E-state index contributed by atoms with van der Waals surface area (Å²) in [5.41, 5.74) is 7.55. The molecule has 4 nitrogen and oxygen atoms in total. The van der Waals surface area contributed by atoms with E-state index in [1.54, 1.807) is 29.5 Å². The summed E-state index contributed by atoms with van der Waals surface area (Å²) in [4.78, 5) is 13.7. The molecule has 0 N–H and O–H groups in total. The Bertz CT molecular complexity index is 2160. The normalized spacial score (nSPS) is 13.1. The summed E-state index contributed by atoms with van der Waals surface area (Å²) >= 11 is 1.74. The fraction of sp³-hybridized carbons (Fsp3) is 0.237. The minimum atomic E-state index is -2.09. The molecule has 4 heterocycles. The van der Waals surface area contributed by atoms with Crippen LogP contribution >= 0.6 is 11.3 Å². The van der Waals surface area contributed by atoms with Gasteiger partial charge in [-0.2, -0.15) is 0 Å². The predicted octanol–water partition coefficient (Wildman–Crippen LogP) is 10.5. The van der Waals surface area contributed by atoms with Gasteiger partial charge in [-0.3, -0.25) is 0 Å². The second-order valence-electron chi connectivity index (χ2n) is 12.6. The Morgan fingerprint density at radius 1 is 0.795 bits per heavy atom. The first-order valence-corrected chi connectivity index (χ1v) is 15.1. The van der Waals surface area contributed by atoms with Crippen LogP contribution < -0.4 is 0 Å². The summed E-state index contributed by atoms with van der Waals surface area (Å²) in [6.07, 6.45) is 3.27. The van der Waals surface area contributed by atoms with E-state index in [2.05, 4.69) is 94.0 Å². The van der Waals surface area contributed by atoms with Crippen LogP contribution in [-0.4, -0.2) is 15.0 Å². The summed E-state index contributed by atoms with van der Waals surface area (Å²) in [6, 6.07) is 29.7. The number of aromatic nitrogens is 3. The number of fused-ring (bicyclic) bond motifs is 5. The molecule has 6 heteroatoms. The third-order valence-electron chi connectivity index (χ3n) is 7.23. The number of benzene rings is 3. The van der Waals surface area contributed by atoms with Gasteiger partial charge in [0.1, 0.15) is 11.1 Å². The van der Waals surface area contributed by atoms with Crippen molar-refractivity contribution < 1.29 is 28.6 Å². The van der Waals surface area contributed by atoms with Gasteiger partial charge in [-0.05, 0) is 46.9 Å². The molecule has 44 heavy (non-hydrogen) atoms. The van der Waals surface area contributed by atoms with E-state index >= 15 is 0 Å². The fourth-order valence-corrected chi connectivity index (χ4v) is 5.86. The molecule has 0 fully saturated rings. The number of furan rings is 1. The van der Waals surface area contributed by atoms with Gasteiger partial charge in [0.25, 0.3) is 0 Å². The van der Waals surface area contributed by atoms with Crippen LogP contribution in [0.3, 0.4) is 0 Å². The topological polar surface area (TPSA) is 51.8 Å². The standard InChI is InChI=1S/C26H25N2OS.C12H10N.Ir/c1-25(2,3)15-12-13-27-19(14-15)18-9-7-8-16-17-10-11-20-21(23(17)29-22(16)18)28-24(30-20)26(4,5)6;1-10-7-8-12(13-9-10)11-5-3-2-4-6-11;/h7-8,10-14H,1-6H3;2-5,7-9H,1H3;/q2*-1;/i;1D3;. The quantitative estimate of drug-likeness (QED) is 0.164. The monoisotopic (exact) mass is 777 g/mol. The molecule has 4 aromatic heterocycles. The first kappa shape index (κ1) is 27.8. The smallest absolute Gasteiger partial charge is 0.148 e. The molecule has 0 saturated carbocycles. The summed E-state index contributed by atoms with van der Waals surface area (Å²) < 4.78 is 29.3. The molecule has 225 valence electrons. The van der Waals surface area contributed by atoms with Crippen LogP contribution in [0.1, 0.15) is 61.8 Å². The first-order chi connectivity index (χ1) is 21.7. The minimum absolute atomic E-state index is 0. The van der Waals surface area contributed by atoms with Crippen LogP contribution in [0.25, 0.3) is 54.7 Å². The Hall–Kier alpha value is -3.70. The molecule has 0 aliphatic heterocycles. The van der Waals surface area contributed by atoms with Gasteiger partial charge in [0.15, 0.2) is 0 Å². The Morgan fingerprint density at radius 3 is 2.30 bits per heavy atom. The molecule has 0 aliphatic carbocycles. The molecule has 0 aliphatic rings. The van der Waals surface area contributed by atoms with Crippen LogP contribution in [-0.2, 0) is 30.9 Å². The van der Waals surface area contributed by atoms with Crippen LogP contribution in [0.5, 0.6) is 0 Å². The van der Waals surface area contributed by atoms with E-state index < -0.39 is 6.85 Å². The van der Waals surface area contributed by atoms with Gasteiger partial charge in [0.2, 0.25) is 0 Å². The van der Waals surface area contributed by atoms with E-state index in [0.717, 1.165) is 59.7 Å². The van der Waals surface area contributed by atoms with Gasteiger partial charge >= 0.3 is 0 Å². The van der Waals surface area contributed by atoms with Crippen molar-refractivity contribution in [2.75, 3.05) is 0 Å².